The molecule has 544 valence electrons. The van der Waals surface area contributed by atoms with Crippen LogP contribution in [0.25, 0.3) is 0 Å². The van der Waals surface area contributed by atoms with Gasteiger partial charge in [0.05, 0.1) is 53.4 Å². The average molecular weight is 1330 g/mol. The van der Waals surface area contributed by atoms with Crippen LogP contribution in [-0.2, 0) is 0 Å². The molecule has 12 fully saturated rings. The van der Waals surface area contributed by atoms with Gasteiger partial charge in [-0.1, -0.05) is 209 Å². The first-order valence-corrected chi connectivity index (χ1v) is 40.7. The maximum absolute atomic E-state index is 10.7. The van der Waals surface area contributed by atoms with Gasteiger partial charge >= 0.3 is 0 Å². The fourth-order valence-electron chi connectivity index (χ4n) is 24.0. The van der Waals surface area contributed by atoms with Crippen molar-refractivity contribution in [2.45, 2.75) is 378 Å². The summed E-state index contributed by atoms with van der Waals surface area (Å²) in [4.78, 5) is 0. The molecule has 6 unspecified atom stereocenters. The molecule has 12 aliphatic rings. The lowest BCUT2D eigenvalue weighted by Crippen LogP contribution is -2.36. The first kappa shape index (κ1) is 76.5. The Labute approximate surface area is 584 Å². The Hall–Kier alpha value is -2.18. The Morgan fingerprint density at radius 1 is 0.375 bits per heavy atom. The zero-order chi connectivity index (χ0) is 68.8. The quantitative estimate of drug-likeness (QED) is 0.0603. The van der Waals surface area contributed by atoms with Crippen LogP contribution in [0.1, 0.15) is 325 Å². The highest BCUT2D eigenvalue weighted by Crippen LogP contribution is 2.63. The monoisotopic (exact) mass is 1330 g/mol. The third-order valence-electron chi connectivity index (χ3n) is 30.4. The molecule has 0 saturated heterocycles. The number of allylic oxidation sites excluding steroid dienone is 9. The van der Waals surface area contributed by atoms with E-state index >= 15 is 0 Å². The summed E-state index contributed by atoms with van der Waals surface area (Å²) < 4.78 is 0. The first-order valence-electron chi connectivity index (χ1n) is 40.7. The Morgan fingerprint density at radius 2 is 0.635 bits per heavy atom. The molecule has 0 amide bonds. The number of rotatable bonds is 18. The van der Waals surface area contributed by atoms with E-state index in [-0.39, 0.29) is 28.6 Å². The van der Waals surface area contributed by atoms with Crippen molar-refractivity contribution in [1.29, 1.82) is 0 Å². The van der Waals surface area contributed by atoms with Gasteiger partial charge in [-0.3, -0.25) is 0 Å². The van der Waals surface area contributed by atoms with Gasteiger partial charge in [0.15, 0.2) is 0 Å². The van der Waals surface area contributed by atoms with Crippen molar-refractivity contribution in [2.75, 3.05) is 0 Å². The SMILES string of the molecule is C=C1[C@H](O)CC(=C/C=C2\CCC[C@@]3(C)C2CCC3[C@@H](C)CCCC2(O)CCCC2)C[C@H]1O.CC1[C@H](O)CC(=C/C=C2\CCC[C@@]3(C)C2CCC3[C@@H](C)CCCC2(O)CCCC2)C[C@H]1O.CC1[C@H](O)CC(=C/C=C2\CCC[C@@]3(C)C2CCC3[C@@H](C)CCCC2(O)CCCC2)C[C@H]1O. The van der Waals surface area contributed by atoms with Gasteiger partial charge in [0.25, 0.3) is 0 Å². The summed E-state index contributed by atoms with van der Waals surface area (Å²) in [7, 11) is 0. The first-order chi connectivity index (χ1) is 45.7. The number of fused-ring (bicyclic) bond motifs is 3. The summed E-state index contributed by atoms with van der Waals surface area (Å²) in [5.41, 5.74) is 9.08. The van der Waals surface area contributed by atoms with Crippen molar-refractivity contribution >= 4 is 0 Å². The van der Waals surface area contributed by atoms with Crippen LogP contribution in [0.15, 0.2) is 82.0 Å². The van der Waals surface area contributed by atoms with Crippen LogP contribution in [0.2, 0.25) is 0 Å². The molecule has 96 heavy (non-hydrogen) atoms. The van der Waals surface area contributed by atoms with E-state index in [0.29, 0.717) is 78.1 Å². The fraction of sp³-hybridized carbons (Fsp3) is 0.839. The van der Waals surface area contributed by atoms with Crippen molar-refractivity contribution in [2.24, 2.45) is 81.3 Å². The molecular formula is C87H142O9. The van der Waals surface area contributed by atoms with Gasteiger partial charge in [0, 0.05) is 11.8 Å². The highest BCUT2D eigenvalue weighted by atomic mass is 16.3. The molecule has 0 aromatic carbocycles. The second-order valence-corrected chi connectivity index (χ2v) is 36.7. The van der Waals surface area contributed by atoms with Gasteiger partial charge in [-0.05, 0) is 268 Å². The Morgan fingerprint density at radius 3 is 0.906 bits per heavy atom. The molecule has 9 nitrogen and oxygen atoms in total. The van der Waals surface area contributed by atoms with E-state index in [0.717, 1.165) is 98.9 Å². The van der Waals surface area contributed by atoms with Crippen LogP contribution >= 0.6 is 0 Å². The average Bonchev–Trinajstić information content (AvgIpc) is 1.64. The lowest BCUT2D eigenvalue weighted by atomic mass is 9.60. The predicted octanol–water partition coefficient (Wildman–Crippen LogP) is 18.9. The lowest BCUT2D eigenvalue weighted by Gasteiger charge is -2.44. The normalized spacial score (nSPS) is 40.9. The third-order valence-corrected chi connectivity index (χ3v) is 30.4. The molecular weight excluding hydrogens is 1190 g/mol. The smallest absolute Gasteiger partial charge is 0.0809 e. The topological polar surface area (TPSA) is 182 Å². The Kier molecular flexibility index (Phi) is 26.3. The van der Waals surface area contributed by atoms with Crippen molar-refractivity contribution < 1.29 is 46.0 Å². The van der Waals surface area contributed by atoms with E-state index in [2.05, 4.69) is 84.6 Å². The maximum Gasteiger partial charge on any atom is 0.0809 e. The van der Waals surface area contributed by atoms with Gasteiger partial charge in [0.2, 0.25) is 0 Å². The molecule has 12 rings (SSSR count). The largest absolute Gasteiger partial charge is 0.392 e. The summed E-state index contributed by atoms with van der Waals surface area (Å²) in [6.07, 6.45) is 57.9. The number of hydrogen-bond donors (Lipinski definition) is 9. The zero-order valence-corrected chi connectivity index (χ0v) is 62.2. The van der Waals surface area contributed by atoms with Crippen LogP contribution in [-0.4, -0.2) is 99.4 Å². The molecule has 0 aromatic rings. The van der Waals surface area contributed by atoms with Crippen LogP contribution < -0.4 is 0 Å². The molecule has 12 aliphatic carbocycles. The van der Waals surface area contributed by atoms with Crippen LogP contribution in [0, 0.1) is 81.3 Å². The van der Waals surface area contributed by atoms with E-state index < -0.39 is 36.6 Å². The zero-order valence-electron chi connectivity index (χ0n) is 62.2. The van der Waals surface area contributed by atoms with Gasteiger partial charge in [-0.25, -0.2) is 0 Å². The van der Waals surface area contributed by atoms with Crippen LogP contribution in [0.3, 0.4) is 0 Å². The predicted molar refractivity (Wildman–Crippen MR) is 394 cm³/mol. The fourth-order valence-corrected chi connectivity index (χ4v) is 24.0. The Balaban J connectivity index is 0.000000157. The van der Waals surface area contributed by atoms with Crippen LogP contribution in [0.5, 0.6) is 0 Å². The lowest BCUT2D eigenvalue weighted by molar-refractivity contribution is 0.00358. The van der Waals surface area contributed by atoms with Gasteiger partial charge in [0.1, 0.15) is 0 Å². The molecule has 12 saturated carbocycles. The van der Waals surface area contributed by atoms with Gasteiger partial charge in [-0.15, -0.1) is 0 Å². The van der Waals surface area contributed by atoms with Crippen molar-refractivity contribution in [3.8, 4) is 0 Å². The standard InChI is InChI=1S/2C29H48O3.C29H46O3/c3*1-20(8-6-17-29(32)15-4-5-16-29)24-12-13-25-23(9-7-14-28(24,25)3)11-10-22-18-26(30)21(2)27(31)19-22/h2*10-11,20-21,24-27,30-32H,4-9,12-19H2,1-3H3;10-11,20,24-27,30-32H,2,4-9,12-19H2,1,3H3/b2*22-10?,23-11+;23-11+/t2*20-,21?,24?,25?,26+,27+,28+;20-,24?,25?,26+,27+,28+/m000/s1. The maximum atomic E-state index is 10.7. The molecule has 18 atom stereocenters. The molecule has 0 radical (unpaired) electrons. The molecule has 0 aliphatic heterocycles. The molecule has 0 aromatic heterocycles. The van der Waals surface area contributed by atoms with E-state index in [4.69, 9.17) is 0 Å². The highest BCUT2D eigenvalue weighted by molar-refractivity contribution is 5.31. The minimum atomic E-state index is -0.612. The minimum Gasteiger partial charge on any atom is -0.392 e. The summed E-state index contributed by atoms with van der Waals surface area (Å²) >= 11 is 0. The minimum absolute atomic E-state index is 0.0239. The molecule has 0 heterocycles. The van der Waals surface area contributed by atoms with Crippen LogP contribution in [0.4, 0.5) is 0 Å². The summed E-state index contributed by atoms with van der Waals surface area (Å²) in [6.45, 7) is 22.8. The summed E-state index contributed by atoms with van der Waals surface area (Å²) in [5.74, 6) is 6.57. The third kappa shape index (κ3) is 18.1. The summed E-state index contributed by atoms with van der Waals surface area (Å²) in [6, 6.07) is 0. The van der Waals surface area contributed by atoms with Crippen molar-refractivity contribution in [1.82, 2.24) is 0 Å². The van der Waals surface area contributed by atoms with Crippen molar-refractivity contribution in [3.05, 3.63) is 82.0 Å². The second-order valence-electron chi connectivity index (χ2n) is 36.7. The molecule has 0 bridgehead atoms. The molecule has 9 N–H and O–H groups in total. The van der Waals surface area contributed by atoms with E-state index in [1.165, 1.54) is 185 Å². The molecule has 9 heteroatoms. The molecule has 0 spiro atoms. The van der Waals surface area contributed by atoms with E-state index in [9.17, 15) is 46.0 Å². The Bertz CT molecular complexity index is 2570. The second kappa shape index (κ2) is 33.1. The highest BCUT2D eigenvalue weighted by Gasteiger charge is 2.54. The van der Waals surface area contributed by atoms with Crippen molar-refractivity contribution in [3.63, 3.8) is 0 Å². The number of aliphatic hydroxyl groups excluding tert-OH is 6. The van der Waals surface area contributed by atoms with E-state index in [1.807, 2.05) is 13.8 Å². The summed E-state index contributed by atoms with van der Waals surface area (Å²) in [5, 5.41) is 93.5. The number of aliphatic hydroxyl groups is 9. The van der Waals surface area contributed by atoms with Gasteiger partial charge < -0.3 is 46.0 Å². The number of hydrogen-bond acceptors (Lipinski definition) is 9. The van der Waals surface area contributed by atoms with E-state index in [1.54, 1.807) is 16.7 Å². The van der Waals surface area contributed by atoms with Gasteiger partial charge in [-0.2, -0.15) is 0 Å².